The number of hydrogen-bond acceptors (Lipinski definition) is 4. The molecule has 3 rings (SSSR count). The summed E-state index contributed by atoms with van der Waals surface area (Å²) in [5.41, 5.74) is 1.15. The first kappa shape index (κ1) is 15.2. The molecule has 6 heteroatoms. The number of carbonyl (C=O) groups excluding carboxylic acids is 1. The number of pyridine rings is 1. The highest BCUT2D eigenvalue weighted by atomic mass is 16.5. The first-order valence-corrected chi connectivity index (χ1v) is 7.90. The Morgan fingerprint density at radius 1 is 1.32 bits per heavy atom. The molecule has 120 valence electrons. The van der Waals surface area contributed by atoms with E-state index in [-0.39, 0.29) is 17.5 Å². The molecule has 1 amide bonds. The average molecular weight is 305 g/mol. The molecule has 0 bridgehead atoms. The summed E-state index contributed by atoms with van der Waals surface area (Å²) in [6.45, 7) is 8.12. The average Bonchev–Trinajstić information content (AvgIpc) is 2.89. The second-order valence-electron chi connectivity index (χ2n) is 6.14. The van der Waals surface area contributed by atoms with Crippen LogP contribution in [0.5, 0.6) is 0 Å². The van der Waals surface area contributed by atoms with E-state index in [4.69, 9.17) is 4.74 Å². The molecule has 0 aliphatic carbocycles. The van der Waals surface area contributed by atoms with Crippen LogP contribution < -0.4 is 5.56 Å². The number of aromatic nitrogens is 1. The van der Waals surface area contributed by atoms with E-state index < -0.39 is 0 Å². The van der Waals surface area contributed by atoms with Gasteiger partial charge in [0, 0.05) is 44.0 Å². The summed E-state index contributed by atoms with van der Waals surface area (Å²) >= 11 is 0. The molecule has 2 fully saturated rings. The van der Waals surface area contributed by atoms with E-state index >= 15 is 0 Å². The van der Waals surface area contributed by atoms with Crippen molar-refractivity contribution in [3.05, 3.63) is 33.7 Å². The monoisotopic (exact) mass is 305 g/mol. The van der Waals surface area contributed by atoms with Gasteiger partial charge in [-0.3, -0.25) is 14.5 Å². The molecule has 1 N–H and O–H groups in total. The number of hydrogen-bond donors (Lipinski definition) is 1. The molecule has 0 saturated carbocycles. The maximum Gasteiger partial charge on any atom is 0.255 e. The van der Waals surface area contributed by atoms with Crippen LogP contribution in [0.1, 0.15) is 29.3 Å². The highest BCUT2D eigenvalue weighted by Crippen LogP contribution is 2.25. The molecule has 0 radical (unpaired) electrons. The Bertz CT molecular complexity index is 607. The zero-order chi connectivity index (χ0) is 15.7. The Morgan fingerprint density at radius 3 is 2.73 bits per heavy atom. The zero-order valence-electron chi connectivity index (χ0n) is 13.2. The predicted molar refractivity (Wildman–Crippen MR) is 83.1 cm³/mol. The molecule has 0 unspecified atom stereocenters. The molecule has 22 heavy (non-hydrogen) atoms. The number of rotatable bonds is 2. The summed E-state index contributed by atoms with van der Waals surface area (Å²) in [7, 11) is 0. The molecular formula is C16H23N3O3. The van der Waals surface area contributed by atoms with Gasteiger partial charge < -0.3 is 14.6 Å². The maximum absolute atomic E-state index is 12.8. The molecule has 2 aliphatic rings. The van der Waals surface area contributed by atoms with Gasteiger partial charge in [-0.05, 0) is 25.8 Å². The third kappa shape index (κ3) is 2.80. The molecule has 3 heterocycles. The fourth-order valence-electron chi connectivity index (χ4n) is 3.57. The van der Waals surface area contributed by atoms with Gasteiger partial charge in [-0.1, -0.05) is 0 Å². The molecule has 1 aromatic heterocycles. The minimum atomic E-state index is -0.172. The first-order valence-electron chi connectivity index (χ1n) is 7.90. The number of morpholine rings is 1. The van der Waals surface area contributed by atoms with Crippen molar-refractivity contribution in [2.75, 3.05) is 32.8 Å². The highest BCUT2D eigenvalue weighted by molar-refractivity contribution is 5.95. The van der Waals surface area contributed by atoms with Crippen molar-refractivity contribution in [1.29, 1.82) is 0 Å². The van der Waals surface area contributed by atoms with Gasteiger partial charge in [0.2, 0.25) is 5.56 Å². The number of nitrogens with one attached hydrogen (secondary N) is 1. The molecule has 0 spiro atoms. The van der Waals surface area contributed by atoms with Crippen LogP contribution in [0.15, 0.2) is 17.1 Å². The van der Waals surface area contributed by atoms with Gasteiger partial charge in [-0.15, -0.1) is 0 Å². The van der Waals surface area contributed by atoms with Gasteiger partial charge in [0.15, 0.2) is 0 Å². The van der Waals surface area contributed by atoms with Crippen LogP contribution in [0.4, 0.5) is 0 Å². The number of likely N-dealkylation sites (tertiary alicyclic amines) is 1. The number of amides is 1. The van der Waals surface area contributed by atoms with Crippen molar-refractivity contribution in [1.82, 2.24) is 14.8 Å². The smallest absolute Gasteiger partial charge is 0.255 e. The third-order valence-corrected chi connectivity index (χ3v) is 4.85. The van der Waals surface area contributed by atoms with Crippen molar-refractivity contribution in [3.63, 3.8) is 0 Å². The molecule has 2 atom stereocenters. The predicted octanol–water partition coefficient (Wildman–Crippen LogP) is 0.619. The Kier molecular flexibility index (Phi) is 4.31. The minimum absolute atomic E-state index is 0.0111. The van der Waals surface area contributed by atoms with E-state index in [1.54, 1.807) is 0 Å². The standard InChI is InChI=1S/C16H23N3O3/c1-11-9-15(20)17-10-13(11)16(21)19-4-3-14(12(19)2)18-5-7-22-8-6-18/h9-10,12,14H,3-8H2,1-2H3,(H,17,20)/t12-,14-/m1/s1. The topological polar surface area (TPSA) is 65.6 Å². The number of carbonyl (C=O) groups is 1. The lowest BCUT2D eigenvalue weighted by atomic mass is 10.1. The zero-order valence-corrected chi connectivity index (χ0v) is 13.2. The van der Waals surface area contributed by atoms with Crippen LogP contribution in [0.25, 0.3) is 0 Å². The van der Waals surface area contributed by atoms with Gasteiger partial charge in [0.05, 0.1) is 18.8 Å². The summed E-state index contributed by atoms with van der Waals surface area (Å²) < 4.78 is 5.41. The summed E-state index contributed by atoms with van der Waals surface area (Å²) in [6, 6.07) is 2.06. The van der Waals surface area contributed by atoms with Gasteiger partial charge in [-0.2, -0.15) is 0 Å². The number of ether oxygens (including phenoxy) is 1. The largest absolute Gasteiger partial charge is 0.379 e. The fraction of sp³-hybridized carbons (Fsp3) is 0.625. The van der Waals surface area contributed by atoms with E-state index in [0.717, 1.165) is 44.8 Å². The lowest BCUT2D eigenvalue weighted by Crippen LogP contribution is -2.49. The molecule has 2 saturated heterocycles. The molecule has 2 aliphatic heterocycles. The van der Waals surface area contributed by atoms with E-state index in [0.29, 0.717) is 11.6 Å². The van der Waals surface area contributed by atoms with Crippen LogP contribution in [0.3, 0.4) is 0 Å². The van der Waals surface area contributed by atoms with Gasteiger partial charge >= 0.3 is 0 Å². The number of nitrogens with zero attached hydrogens (tertiary/aromatic N) is 2. The van der Waals surface area contributed by atoms with E-state index in [9.17, 15) is 9.59 Å². The number of H-pyrrole nitrogens is 1. The Labute approximate surface area is 130 Å². The van der Waals surface area contributed by atoms with E-state index in [2.05, 4.69) is 16.8 Å². The van der Waals surface area contributed by atoms with Crippen molar-refractivity contribution in [2.24, 2.45) is 0 Å². The van der Waals surface area contributed by atoms with Crippen LogP contribution >= 0.6 is 0 Å². The first-order chi connectivity index (χ1) is 10.6. The van der Waals surface area contributed by atoms with Crippen molar-refractivity contribution in [3.8, 4) is 0 Å². The summed E-state index contributed by atoms with van der Waals surface area (Å²) in [4.78, 5) is 31.1. The quantitative estimate of drug-likeness (QED) is 0.870. The van der Waals surface area contributed by atoms with Crippen molar-refractivity contribution in [2.45, 2.75) is 32.4 Å². The molecular weight excluding hydrogens is 282 g/mol. The Hall–Kier alpha value is -1.66. The minimum Gasteiger partial charge on any atom is -0.379 e. The van der Waals surface area contributed by atoms with Crippen LogP contribution in [-0.2, 0) is 4.74 Å². The summed E-state index contributed by atoms with van der Waals surface area (Å²) in [5.74, 6) is 0.0111. The summed E-state index contributed by atoms with van der Waals surface area (Å²) in [6.07, 6.45) is 2.53. The van der Waals surface area contributed by atoms with E-state index in [1.807, 2.05) is 11.8 Å². The molecule has 0 aromatic carbocycles. The molecule has 6 nitrogen and oxygen atoms in total. The van der Waals surface area contributed by atoms with Gasteiger partial charge in [-0.25, -0.2) is 0 Å². The van der Waals surface area contributed by atoms with Gasteiger partial charge in [0.1, 0.15) is 0 Å². The van der Waals surface area contributed by atoms with Gasteiger partial charge in [0.25, 0.3) is 5.91 Å². The summed E-state index contributed by atoms with van der Waals surface area (Å²) in [5, 5.41) is 0. The second-order valence-corrected chi connectivity index (χ2v) is 6.14. The Balaban J connectivity index is 1.75. The Morgan fingerprint density at radius 2 is 2.05 bits per heavy atom. The normalized spacial score (nSPS) is 26.4. The van der Waals surface area contributed by atoms with Crippen LogP contribution in [-0.4, -0.2) is 65.6 Å². The van der Waals surface area contributed by atoms with E-state index in [1.165, 1.54) is 12.3 Å². The number of aromatic amines is 1. The van der Waals surface area contributed by atoms with Crippen LogP contribution in [0.2, 0.25) is 0 Å². The molecule has 1 aromatic rings. The van der Waals surface area contributed by atoms with Crippen LogP contribution in [0, 0.1) is 6.92 Å². The third-order valence-electron chi connectivity index (χ3n) is 4.85. The lowest BCUT2D eigenvalue weighted by Gasteiger charge is -2.35. The van der Waals surface area contributed by atoms with Crippen molar-refractivity contribution >= 4 is 5.91 Å². The SMILES string of the molecule is Cc1cc(=O)[nH]cc1C(=O)N1CC[C@@H](N2CCOCC2)[C@H]1C. The fourth-order valence-corrected chi connectivity index (χ4v) is 3.57. The maximum atomic E-state index is 12.8. The van der Waals surface area contributed by atoms with Crippen molar-refractivity contribution < 1.29 is 9.53 Å². The number of aryl methyl sites for hydroxylation is 1. The second kappa shape index (κ2) is 6.22. The highest BCUT2D eigenvalue weighted by Gasteiger charge is 2.38. The lowest BCUT2D eigenvalue weighted by molar-refractivity contribution is 0.0104.